The first-order valence-electron chi connectivity index (χ1n) is 11.4. The molecule has 9 nitrogen and oxygen atoms in total. The molecular weight excluding hydrogens is 434 g/mol. The third-order valence-corrected chi connectivity index (χ3v) is 6.12. The zero-order valence-corrected chi connectivity index (χ0v) is 19.3. The molecule has 2 fully saturated rings. The molecular formula is C25H27N5O4. The van der Waals surface area contributed by atoms with Gasteiger partial charge in [0, 0.05) is 49.9 Å². The maximum atomic E-state index is 12.7. The van der Waals surface area contributed by atoms with Crippen LogP contribution in [0.25, 0.3) is 17.5 Å². The molecule has 0 N–H and O–H groups in total. The average molecular weight is 462 g/mol. The minimum Gasteiger partial charge on any atom is -0.493 e. The molecule has 0 unspecified atom stereocenters. The lowest BCUT2D eigenvalue weighted by atomic mass is 10.2. The normalized spacial score (nSPS) is 16.2. The average Bonchev–Trinajstić information content (AvgIpc) is 3.63. The second kappa shape index (κ2) is 9.54. The molecule has 0 spiro atoms. The lowest BCUT2D eigenvalue weighted by Crippen LogP contribution is -2.48. The minimum atomic E-state index is -0.0127. The number of carbonyl (C=O) groups excluding carboxylic acids is 1. The van der Waals surface area contributed by atoms with Crippen LogP contribution < -0.4 is 14.4 Å². The van der Waals surface area contributed by atoms with Gasteiger partial charge >= 0.3 is 0 Å². The Bertz CT molecular complexity index is 1180. The van der Waals surface area contributed by atoms with Crippen molar-refractivity contribution in [2.75, 3.05) is 45.3 Å². The third-order valence-electron chi connectivity index (χ3n) is 6.12. The van der Waals surface area contributed by atoms with Gasteiger partial charge in [0.2, 0.25) is 17.6 Å². The van der Waals surface area contributed by atoms with Crippen LogP contribution in [-0.4, -0.2) is 66.3 Å². The van der Waals surface area contributed by atoms with Crippen molar-refractivity contribution < 1.29 is 18.8 Å². The van der Waals surface area contributed by atoms with Crippen molar-refractivity contribution in [1.29, 1.82) is 0 Å². The summed E-state index contributed by atoms with van der Waals surface area (Å²) in [5, 5.41) is 4.07. The molecule has 0 radical (unpaired) electrons. The first kappa shape index (κ1) is 21.9. The predicted molar refractivity (Wildman–Crippen MR) is 127 cm³/mol. The molecule has 1 aromatic carbocycles. The number of hydrogen-bond acceptors (Lipinski definition) is 8. The van der Waals surface area contributed by atoms with E-state index in [1.165, 1.54) is 0 Å². The summed E-state index contributed by atoms with van der Waals surface area (Å²) in [5.41, 5.74) is 1.72. The Balaban J connectivity index is 1.16. The molecule has 5 rings (SSSR count). The fraction of sp³-hybridized carbons (Fsp3) is 0.360. The summed E-state index contributed by atoms with van der Waals surface area (Å²) in [6.07, 6.45) is 7.42. The monoisotopic (exact) mass is 461 g/mol. The third kappa shape index (κ3) is 4.73. The highest BCUT2D eigenvalue weighted by atomic mass is 16.5. The van der Waals surface area contributed by atoms with Gasteiger partial charge < -0.3 is 23.8 Å². The van der Waals surface area contributed by atoms with Gasteiger partial charge in [-0.25, -0.2) is 4.98 Å². The highest BCUT2D eigenvalue weighted by Gasteiger charge is 2.30. The number of carbonyl (C=O) groups is 1. The van der Waals surface area contributed by atoms with Crippen molar-refractivity contribution in [3.8, 4) is 22.9 Å². The quantitative estimate of drug-likeness (QED) is 0.495. The Morgan fingerprint density at radius 2 is 1.85 bits per heavy atom. The number of aromatic nitrogens is 3. The highest BCUT2D eigenvalue weighted by Crippen LogP contribution is 2.39. The second-order valence-corrected chi connectivity index (χ2v) is 8.40. The van der Waals surface area contributed by atoms with Gasteiger partial charge in [-0.05, 0) is 48.7 Å². The van der Waals surface area contributed by atoms with Crippen LogP contribution in [0.2, 0.25) is 0 Å². The lowest BCUT2D eigenvalue weighted by molar-refractivity contribution is -0.126. The van der Waals surface area contributed by atoms with Crippen LogP contribution in [0.5, 0.6) is 11.5 Å². The molecule has 34 heavy (non-hydrogen) atoms. The molecule has 176 valence electrons. The van der Waals surface area contributed by atoms with Crippen molar-refractivity contribution in [1.82, 2.24) is 20.0 Å². The number of piperazine rings is 1. The Labute approximate surface area is 198 Å². The molecule has 1 saturated carbocycles. The zero-order chi connectivity index (χ0) is 23.5. The number of amides is 1. The van der Waals surface area contributed by atoms with E-state index in [9.17, 15) is 4.79 Å². The molecule has 0 atom stereocenters. The molecule has 1 aliphatic carbocycles. The van der Waals surface area contributed by atoms with Crippen LogP contribution in [0, 0.1) is 0 Å². The Kier molecular flexibility index (Phi) is 6.16. The first-order valence-corrected chi connectivity index (χ1v) is 11.4. The van der Waals surface area contributed by atoms with Gasteiger partial charge in [-0.2, -0.15) is 4.98 Å². The van der Waals surface area contributed by atoms with E-state index in [1.54, 1.807) is 32.6 Å². The summed E-state index contributed by atoms with van der Waals surface area (Å²) in [5.74, 6) is 3.89. The van der Waals surface area contributed by atoms with Gasteiger partial charge in [0.05, 0.1) is 14.2 Å². The van der Waals surface area contributed by atoms with Crippen molar-refractivity contribution in [2.45, 2.75) is 18.8 Å². The number of benzene rings is 1. The maximum Gasteiger partial charge on any atom is 0.246 e. The number of nitrogens with zero attached hydrogens (tertiary/aromatic N) is 5. The van der Waals surface area contributed by atoms with Gasteiger partial charge in [0.1, 0.15) is 5.82 Å². The van der Waals surface area contributed by atoms with E-state index in [-0.39, 0.29) is 5.91 Å². The van der Waals surface area contributed by atoms with Crippen LogP contribution in [-0.2, 0) is 4.79 Å². The topological polar surface area (TPSA) is 93.8 Å². The highest BCUT2D eigenvalue weighted by molar-refractivity contribution is 5.92. The van der Waals surface area contributed by atoms with Crippen molar-refractivity contribution in [3.05, 3.63) is 54.1 Å². The number of pyridine rings is 1. The number of methoxy groups -OCH3 is 2. The van der Waals surface area contributed by atoms with Gasteiger partial charge in [0.25, 0.3) is 0 Å². The fourth-order valence-corrected chi connectivity index (χ4v) is 3.94. The lowest BCUT2D eigenvalue weighted by Gasteiger charge is -2.35. The Morgan fingerprint density at radius 3 is 2.53 bits per heavy atom. The summed E-state index contributed by atoms with van der Waals surface area (Å²) in [7, 11) is 3.19. The van der Waals surface area contributed by atoms with Gasteiger partial charge in [-0.3, -0.25) is 4.79 Å². The van der Waals surface area contributed by atoms with E-state index >= 15 is 0 Å². The van der Waals surface area contributed by atoms with E-state index < -0.39 is 0 Å². The second-order valence-electron chi connectivity index (χ2n) is 8.40. The maximum absolute atomic E-state index is 12.7. The summed E-state index contributed by atoms with van der Waals surface area (Å²) in [4.78, 5) is 25.8. The Hall–Kier alpha value is -3.88. The van der Waals surface area contributed by atoms with Crippen LogP contribution >= 0.6 is 0 Å². The minimum absolute atomic E-state index is 0.0127. The molecule has 0 bridgehead atoms. The summed E-state index contributed by atoms with van der Waals surface area (Å²) in [6.45, 7) is 2.70. The van der Waals surface area contributed by atoms with E-state index in [1.807, 2.05) is 35.2 Å². The number of hydrogen-bond donors (Lipinski definition) is 0. The summed E-state index contributed by atoms with van der Waals surface area (Å²) in [6, 6.07) is 9.49. The van der Waals surface area contributed by atoms with Crippen LogP contribution in [0.1, 0.15) is 30.2 Å². The number of ether oxygens (including phenoxy) is 2. The van der Waals surface area contributed by atoms with Gasteiger partial charge in [-0.1, -0.05) is 11.2 Å². The van der Waals surface area contributed by atoms with Crippen molar-refractivity contribution in [2.24, 2.45) is 0 Å². The smallest absolute Gasteiger partial charge is 0.246 e. The van der Waals surface area contributed by atoms with Gasteiger partial charge in [0.15, 0.2) is 11.5 Å². The number of anilines is 1. The molecule has 1 aliphatic heterocycles. The van der Waals surface area contributed by atoms with Crippen LogP contribution in [0.15, 0.2) is 47.1 Å². The molecule has 1 saturated heterocycles. The van der Waals surface area contributed by atoms with Gasteiger partial charge in [-0.15, -0.1) is 0 Å². The van der Waals surface area contributed by atoms with Crippen LogP contribution in [0.4, 0.5) is 5.82 Å². The first-order chi connectivity index (χ1) is 16.6. The van der Waals surface area contributed by atoms with Crippen molar-refractivity contribution in [3.63, 3.8) is 0 Å². The standard InChI is InChI=1S/C25H27N5O4/c1-32-20-8-3-17(15-21(20)33-2)4-10-23(31)30-13-11-29(12-14-30)22-9-7-19(16-26-22)24-27-25(34-28-24)18-5-6-18/h3-4,7-10,15-16,18H,5-6,11-14H2,1-2H3/b10-4-. The molecule has 3 heterocycles. The SMILES string of the molecule is COc1ccc(/C=C\C(=O)N2CCN(c3ccc(-c4noc(C5CC5)n4)cn3)CC2)cc1OC. The molecule has 9 heteroatoms. The molecule has 1 amide bonds. The zero-order valence-electron chi connectivity index (χ0n) is 19.3. The molecule has 2 aromatic heterocycles. The number of rotatable bonds is 7. The van der Waals surface area contributed by atoms with Crippen molar-refractivity contribution >= 4 is 17.8 Å². The van der Waals surface area contributed by atoms with E-state index in [4.69, 9.17) is 14.0 Å². The predicted octanol–water partition coefficient (Wildman–Crippen LogP) is 3.39. The van der Waals surface area contributed by atoms with E-state index in [0.29, 0.717) is 36.3 Å². The summed E-state index contributed by atoms with van der Waals surface area (Å²) >= 11 is 0. The largest absolute Gasteiger partial charge is 0.493 e. The molecule has 3 aromatic rings. The fourth-order valence-electron chi connectivity index (χ4n) is 3.94. The molecule has 2 aliphatic rings. The Morgan fingerprint density at radius 1 is 1.06 bits per heavy atom. The summed E-state index contributed by atoms with van der Waals surface area (Å²) < 4.78 is 15.9. The van der Waals surface area contributed by atoms with E-state index in [2.05, 4.69) is 20.0 Å². The van der Waals surface area contributed by atoms with E-state index in [0.717, 1.165) is 48.8 Å². The van der Waals surface area contributed by atoms with Crippen LogP contribution in [0.3, 0.4) is 0 Å².